The predicted molar refractivity (Wildman–Crippen MR) is 126 cm³/mol. The molecule has 1 heterocycles. The Hall–Kier alpha value is -2.77. The quantitative estimate of drug-likeness (QED) is 0.446. The number of hydrogen-bond acceptors (Lipinski definition) is 6. The van der Waals surface area contributed by atoms with Gasteiger partial charge in [-0.1, -0.05) is 44.3 Å². The summed E-state index contributed by atoms with van der Waals surface area (Å²) in [5.41, 5.74) is 3.10. The van der Waals surface area contributed by atoms with Crippen molar-refractivity contribution >= 4 is 28.7 Å². The number of carbonyl (C=O) groups excluding carboxylic acids is 1. The molecular weight excluding hydrogens is 410 g/mol. The number of nitrogens with zero attached hydrogens (tertiary/aromatic N) is 1. The number of aromatic nitrogens is 1. The average molecular weight is 440 g/mol. The Kier molecular flexibility index (Phi) is 7.76. The standard InChI is InChI=1S/C24H29N3O3S/c1-24(2)13-19(26-15-17-9-10-25-16-21(17)30-12-11-29-3)22(20(28)14-24)23(31)27-18-7-5-4-6-8-18/h4-10,16,26H,11-15H2,1-3H3,(H,27,31). The third-order valence-corrected chi connectivity index (χ3v) is 5.35. The Balaban J connectivity index is 1.82. The molecule has 2 N–H and O–H groups in total. The SMILES string of the molecule is COCCOc1cnccc1CNC1=C(C(=S)Nc2ccccc2)C(=O)CC(C)(C)C1. The predicted octanol–water partition coefficient (Wildman–Crippen LogP) is 4.28. The van der Waals surface area contributed by atoms with E-state index in [0.717, 1.165) is 23.4 Å². The molecule has 0 aliphatic heterocycles. The number of nitrogens with one attached hydrogen (secondary N) is 2. The van der Waals surface area contributed by atoms with E-state index in [2.05, 4.69) is 29.5 Å². The molecule has 0 bridgehead atoms. The maximum Gasteiger partial charge on any atom is 0.168 e. The summed E-state index contributed by atoms with van der Waals surface area (Å²) >= 11 is 5.63. The monoisotopic (exact) mass is 439 g/mol. The minimum Gasteiger partial charge on any atom is -0.489 e. The number of anilines is 1. The first-order chi connectivity index (χ1) is 14.9. The van der Waals surface area contributed by atoms with Crippen LogP contribution >= 0.6 is 12.2 Å². The minimum absolute atomic E-state index is 0.0541. The molecule has 6 nitrogen and oxygen atoms in total. The second-order valence-corrected chi connectivity index (χ2v) is 8.70. The summed E-state index contributed by atoms with van der Waals surface area (Å²) in [7, 11) is 1.64. The van der Waals surface area contributed by atoms with Gasteiger partial charge >= 0.3 is 0 Å². The zero-order valence-corrected chi connectivity index (χ0v) is 19.1. The molecule has 1 aromatic carbocycles. The van der Waals surface area contributed by atoms with Crippen LogP contribution in [0.15, 0.2) is 60.1 Å². The van der Waals surface area contributed by atoms with E-state index in [0.29, 0.717) is 42.5 Å². The maximum absolute atomic E-state index is 13.0. The molecule has 3 rings (SSSR count). The highest BCUT2D eigenvalue weighted by Crippen LogP contribution is 2.36. The number of methoxy groups -OCH3 is 1. The smallest absolute Gasteiger partial charge is 0.168 e. The molecule has 7 heteroatoms. The second-order valence-electron chi connectivity index (χ2n) is 8.29. The molecule has 1 aromatic heterocycles. The molecule has 31 heavy (non-hydrogen) atoms. The average Bonchev–Trinajstić information content (AvgIpc) is 2.72. The third-order valence-electron chi connectivity index (χ3n) is 5.04. The topological polar surface area (TPSA) is 72.5 Å². The zero-order chi connectivity index (χ0) is 22.3. The van der Waals surface area contributed by atoms with Crippen LogP contribution in [-0.2, 0) is 16.1 Å². The fourth-order valence-electron chi connectivity index (χ4n) is 3.57. The molecule has 0 spiro atoms. The van der Waals surface area contributed by atoms with Crippen LogP contribution in [-0.4, -0.2) is 36.1 Å². The highest BCUT2D eigenvalue weighted by atomic mass is 32.1. The normalized spacial score (nSPS) is 15.5. The third kappa shape index (κ3) is 6.35. The number of carbonyl (C=O) groups is 1. The van der Waals surface area contributed by atoms with Crippen molar-refractivity contribution in [3.63, 3.8) is 0 Å². The molecule has 0 saturated carbocycles. The number of hydrogen-bond donors (Lipinski definition) is 2. The Labute approximate surface area is 189 Å². The van der Waals surface area contributed by atoms with Gasteiger partial charge in [-0.05, 0) is 30.0 Å². The number of benzene rings is 1. The molecule has 0 amide bonds. The van der Waals surface area contributed by atoms with E-state index in [1.807, 2.05) is 36.4 Å². The molecule has 164 valence electrons. The van der Waals surface area contributed by atoms with Crippen LogP contribution in [0.2, 0.25) is 0 Å². The minimum atomic E-state index is -0.138. The maximum atomic E-state index is 13.0. The first-order valence-corrected chi connectivity index (χ1v) is 10.7. The lowest BCUT2D eigenvalue weighted by molar-refractivity contribution is -0.117. The van der Waals surface area contributed by atoms with Crippen LogP contribution < -0.4 is 15.4 Å². The Morgan fingerprint density at radius 1 is 1.16 bits per heavy atom. The van der Waals surface area contributed by atoms with E-state index in [9.17, 15) is 4.79 Å². The first-order valence-electron chi connectivity index (χ1n) is 10.3. The van der Waals surface area contributed by atoms with Crippen molar-refractivity contribution in [2.75, 3.05) is 25.6 Å². The summed E-state index contributed by atoms with van der Waals surface area (Å²) in [6, 6.07) is 11.6. The number of pyridine rings is 1. The van der Waals surface area contributed by atoms with E-state index in [4.69, 9.17) is 21.7 Å². The molecule has 0 unspecified atom stereocenters. The highest BCUT2D eigenvalue weighted by molar-refractivity contribution is 7.81. The van der Waals surface area contributed by atoms with Gasteiger partial charge in [0.2, 0.25) is 0 Å². The molecule has 0 saturated heterocycles. The summed E-state index contributed by atoms with van der Waals surface area (Å²) in [4.78, 5) is 17.6. The molecule has 1 aliphatic rings. The summed E-state index contributed by atoms with van der Waals surface area (Å²) < 4.78 is 10.8. The number of ketones is 1. The van der Waals surface area contributed by atoms with Gasteiger partial charge in [0.05, 0.1) is 18.4 Å². The lowest BCUT2D eigenvalue weighted by atomic mass is 9.75. The van der Waals surface area contributed by atoms with Gasteiger partial charge in [0, 0.05) is 43.2 Å². The van der Waals surface area contributed by atoms with Crippen LogP contribution in [0.1, 0.15) is 32.3 Å². The fraction of sp³-hybridized carbons (Fsp3) is 0.375. The number of rotatable bonds is 9. The number of Topliss-reactive ketones (excluding diaryl/α,β-unsaturated/α-hetero) is 1. The van der Waals surface area contributed by atoms with Gasteiger partial charge in [0.1, 0.15) is 17.3 Å². The summed E-state index contributed by atoms with van der Waals surface area (Å²) in [5, 5.41) is 6.67. The summed E-state index contributed by atoms with van der Waals surface area (Å²) in [6.07, 6.45) is 4.62. The van der Waals surface area contributed by atoms with Crippen LogP contribution in [0, 0.1) is 5.41 Å². The molecule has 0 radical (unpaired) electrons. The molecule has 0 fully saturated rings. The number of ether oxygens (including phenoxy) is 2. The van der Waals surface area contributed by atoms with Gasteiger partial charge in [-0.15, -0.1) is 0 Å². The van der Waals surface area contributed by atoms with E-state index >= 15 is 0 Å². The lowest BCUT2D eigenvalue weighted by Crippen LogP contribution is -2.35. The number of para-hydroxylation sites is 1. The van der Waals surface area contributed by atoms with Crippen LogP contribution in [0.4, 0.5) is 5.69 Å². The van der Waals surface area contributed by atoms with Crippen molar-refractivity contribution in [3.05, 3.63) is 65.6 Å². The Morgan fingerprint density at radius 3 is 2.68 bits per heavy atom. The largest absolute Gasteiger partial charge is 0.489 e. The molecular formula is C24H29N3O3S. The van der Waals surface area contributed by atoms with Crippen molar-refractivity contribution in [2.24, 2.45) is 5.41 Å². The van der Waals surface area contributed by atoms with Gasteiger partial charge in [0.25, 0.3) is 0 Å². The fourth-order valence-corrected chi connectivity index (χ4v) is 3.93. The number of allylic oxidation sites excluding steroid dienone is 1. The summed E-state index contributed by atoms with van der Waals surface area (Å²) in [6.45, 7) is 5.64. The Bertz CT molecular complexity index is 958. The van der Waals surface area contributed by atoms with Crippen molar-refractivity contribution in [2.45, 2.75) is 33.2 Å². The summed E-state index contributed by atoms with van der Waals surface area (Å²) in [5.74, 6) is 0.749. The van der Waals surface area contributed by atoms with Gasteiger partial charge in [-0.25, -0.2) is 0 Å². The lowest BCUT2D eigenvalue weighted by Gasteiger charge is -2.33. The van der Waals surface area contributed by atoms with E-state index in [1.165, 1.54) is 0 Å². The molecule has 2 aromatic rings. The van der Waals surface area contributed by atoms with Gasteiger partial charge in [-0.3, -0.25) is 9.78 Å². The van der Waals surface area contributed by atoms with Gasteiger partial charge in [0.15, 0.2) is 5.78 Å². The molecule has 0 atom stereocenters. The van der Waals surface area contributed by atoms with Crippen molar-refractivity contribution < 1.29 is 14.3 Å². The second kappa shape index (κ2) is 10.5. The first kappa shape index (κ1) is 22.9. The highest BCUT2D eigenvalue weighted by Gasteiger charge is 2.34. The van der Waals surface area contributed by atoms with E-state index in [1.54, 1.807) is 19.5 Å². The molecule has 1 aliphatic carbocycles. The van der Waals surface area contributed by atoms with Crippen molar-refractivity contribution in [1.29, 1.82) is 0 Å². The Morgan fingerprint density at radius 2 is 1.94 bits per heavy atom. The van der Waals surface area contributed by atoms with Crippen LogP contribution in [0.5, 0.6) is 5.75 Å². The van der Waals surface area contributed by atoms with E-state index < -0.39 is 0 Å². The van der Waals surface area contributed by atoms with Crippen LogP contribution in [0.3, 0.4) is 0 Å². The van der Waals surface area contributed by atoms with E-state index in [-0.39, 0.29) is 11.2 Å². The van der Waals surface area contributed by atoms with Gasteiger partial charge in [-0.2, -0.15) is 0 Å². The van der Waals surface area contributed by atoms with Crippen molar-refractivity contribution in [3.8, 4) is 5.75 Å². The zero-order valence-electron chi connectivity index (χ0n) is 18.2. The van der Waals surface area contributed by atoms with Crippen molar-refractivity contribution in [1.82, 2.24) is 10.3 Å². The number of thiocarbonyl (C=S) groups is 1. The van der Waals surface area contributed by atoms with Gasteiger partial charge < -0.3 is 20.1 Å². The van der Waals surface area contributed by atoms with Crippen LogP contribution in [0.25, 0.3) is 0 Å².